The predicted molar refractivity (Wildman–Crippen MR) is 54.6 cm³/mol. The third-order valence-corrected chi connectivity index (χ3v) is 2.31. The molecule has 1 amide bonds. The standard InChI is InChI=1S/C8H17N3O.ClH/c1-6(4-9)8(12)11-3-2-7(10)5-11;/h6-7H,2-5,9-10H2,1H3;1H. The molecule has 0 spiro atoms. The van der Waals surface area contributed by atoms with E-state index in [1.807, 2.05) is 11.8 Å². The number of nitrogens with zero attached hydrogens (tertiary/aromatic N) is 1. The van der Waals surface area contributed by atoms with E-state index in [0.717, 1.165) is 13.0 Å². The fourth-order valence-corrected chi connectivity index (χ4v) is 1.40. The van der Waals surface area contributed by atoms with E-state index in [1.54, 1.807) is 0 Å². The summed E-state index contributed by atoms with van der Waals surface area (Å²) in [5.41, 5.74) is 11.1. The molecule has 1 saturated heterocycles. The molecule has 1 rings (SSSR count). The highest BCUT2D eigenvalue weighted by atomic mass is 35.5. The van der Waals surface area contributed by atoms with Crippen molar-refractivity contribution >= 4 is 18.3 Å². The second-order valence-electron chi connectivity index (χ2n) is 3.47. The molecule has 1 heterocycles. The number of halogens is 1. The number of hydrogen-bond donors (Lipinski definition) is 2. The number of likely N-dealkylation sites (tertiary alicyclic amines) is 1. The maximum Gasteiger partial charge on any atom is 0.226 e. The highest BCUT2D eigenvalue weighted by Crippen LogP contribution is 2.10. The van der Waals surface area contributed by atoms with E-state index in [1.165, 1.54) is 0 Å². The molecule has 5 heteroatoms. The van der Waals surface area contributed by atoms with Crippen LogP contribution in [0.15, 0.2) is 0 Å². The van der Waals surface area contributed by atoms with Crippen molar-refractivity contribution in [3.63, 3.8) is 0 Å². The minimum Gasteiger partial charge on any atom is -0.341 e. The Bertz CT molecular complexity index is 177. The summed E-state index contributed by atoms with van der Waals surface area (Å²) in [7, 11) is 0. The Labute approximate surface area is 85.0 Å². The van der Waals surface area contributed by atoms with E-state index in [4.69, 9.17) is 11.5 Å². The van der Waals surface area contributed by atoms with Gasteiger partial charge in [-0.1, -0.05) is 6.92 Å². The maximum atomic E-state index is 11.5. The van der Waals surface area contributed by atoms with E-state index in [-0.39, 0.29) is 30.3 Å². The van der Waals surface area contributed by atoms with E-state index in [9.17, 15) is 4.79 Å². The number of carbonyl (C=O) groups excluding carboxylic acids is 1. The maximum absolute atomic E-state index is 11.5. The normalized spacial score (nSPS) is 23.9. The van der Waals surface area contributed by atoms with Crippen LogP contribution in [0.3, 0.4) is 0 Å². The molecule has 2 unspecified atom stereocenters. The van der Waals surface area contributed by atoms with Crippen LogP contribution in [-0.4, -0.2) is 36.5 Å². The molecule has 4 nitrogen and oxygen atoms in total. The summed E-state index contributed by atoms with van der Waals surface area (Å²) in [4.78, 5) is 13.3. The van der Waals surface area contributed by atoms with Gasteiger partial charge in [-0.25, -0.2) is 0 Å². The second kappa shape index (κ2) is 5.42. The van der Waals surface area contributed by atoms with E-state index in [0.29, 0.717) is 13.1 Å². The van der Waals surface area contributed by atoms with Crippen LogP contribution in [0.2, 0.25) is 0 Å². The third kappa shape index (κ3) is 3.14. The zero-order valence-corrected chi connectivity index (χ0v) is 8.72. The lowest BCUT2D eigenvalue weighted by Gasteiger charge is -2.19. The van der Waals surface area contributed by atoms with Gasteiger partial charge in [-0.2, -0.15) is 0 Å². The van der Waals surface area contributed by atoms with Gasteiger partial charge in [0.1, 0.15) is 0 Å². The first-order valence-electron chi connectivity index (χ1n) is 4.39. The quantitative estimate of drug-likeness (QED) is 0.645. The number of hydrogen-bond acceptors (Lipinski definition) is 3. The molecule has 0 aromatic carbocycles. The smallest absolute Gasteiger partial charge is 0.226 e. The lowest BCUT2D eigenvalue weighted by Crippen LogP contribution is -2.37. The summed E-state index contributed by atoms with van der Waals surface area (Å²) in [5.74, 6) is 0.0840. The monoisotopic (exact) mass is 207 g/mol. The van der Waals surface area contributed by atoms with Crippen molar-refractivity contribution in [2.75, 3.05) is 19.6 Å². The third-order valence-electron chi connectivity index (χ3n) is 2.31. The zero-order valence-electron chi connectivity index (χ0n) is 7.90. The van der Waals surface area contributed by atoms with Gasteiger partial charge >= 0.3 is 0 Å². The second-order valence-corrected chi connectivity index (χ2v) is 3.47. The molecule has 13 heavy (non-hydrogen) atoms. The molecule has 0 radical (unpaired) electrons. The lowest BCUT2D eigenvalue weighted by molar-refractivity contribution is -0.133. The van der Waals surface area contributed by atoms with E-state index >= 15 is 0 Å². The number of rotatable bonds is 2. The fraction of sp³-hybridized carbons (Fsp3) is 0.875. The molecule has 0 aromatic rings. The molecule has 0 saturated carbocycles. The van der Waals surface area contributed by atoms with Crippen LogP contribution in [0.1, 0.15) is 13.3 Å². The van der Waals surface area contributed by atoms with Gasteiger partial charge in [0.05, 0.1) is 0 Å². The van der Waals surface area contributed by atoms with Crippen molar-refractivity contribution in [3.05, 3.63) is 0 Å². The Kier molecular flexibility index (Phi) is 5.29. The molecule has 1 fully saturated rings. The van der Waals surface area contributed by atoms with Gasteiger partial charge in [-0.3, -0.25) is 4.79 Å². The van der Waals surface area contributed by atoms with Crippen molar-refractivity contribution in [2.45, 2.75) is 19.4 Å². The Morgan fingerprint density at radius 2 is 2.31 bits per heavy atom. The number of carbonyl (C=O) groups is 1. The highest BCUT2D eigenvalue weighted by Gasteiger charge is 2.25. The topological polar surface area (TPSA) is 72.4 Å². The first kappa shape index (κ1) is 12.7. The summed E-state index contributed by atoms with van der Waals surface area (Å²) in [6.45, 7) is 3.77. The van der Waals surface area contributed by atoms with Crippen molar-refractivity contribution in [1.82, 2.24) is 4.90 Å². The molecule has 1 aliphatic rings. The van der Waals surface area contributed by atoms with Gasteiger partial charge < -0.3 is 16.4 Å². The van der Waals surface area contributed by atoms with Crippen LogP contribution in [0.4, 0.5) is 0 Å². The minimum absolute atomic E-state index is 0. The van der Waals surface area contributed by atoms with Gasteiger partial charge in [0.15, 0.2) is 0 Å². The first-order valence-corrected chi connectivity index (χ1v) is 4.39. The van der Waals surface area contributed by atoms with Crippen LogP contribution < -0.4 is 11.5 Å². The first-order chi connectivity index (χ1) is 5.65. The van der Waals surface area contributed by atoms with Crippen LogP contribution in [0.25, 0.3) is 0 Å². The average Bonchev–Trinajstić information content (AvgIpc) is 2.49. The number of amides is 1. The summed E-state index contributed by atoms with van der Waals surface area (Å²) < 4.78 is 0. The molecule has 1 aliphatic heterocycles. The summed E-state index contributed by atoms with van der Waals surface area (Å²) in [6.07, 6.45) is 0.920. The van der Waals surface area contributed by atoms with E-state index in [2.05, 4.69) is 0 Å². The Morgan fingerprint density at radius 3 is 2.69 bits per heavy atom. The summed E-state index contributed by atoms with van der Waals surface area (Å²) in [6, 6.07) is 0.166. The largest absolute Gasteiger partial charge is 0.341 e. The van der Waals surface area contributed by atoms with Gasteiger partial charge in [-0.15, -0.1) is 12.4 Å². The van der Waals surface area contributed by atoms with Crippen LogP contribution in [-0.2, 0) is 4.79 Å². The molecular formula is C8H18ClN3O. The SMILES string of the molecule is CC(CN)C(=O)N1CCC(N)C1.Cl. The molecular weight excluding hydrogens is 190 g/mol. The molecule has 78 valence electrons. The average molecular weight is 208 g/mol. The van der Waals surface area contributed by atoms with Gasteiger partial charge in [0, 0.05) is 31.6 Å². The Morgan fingerprint density at radius 1 is 1.69 bits per heavy atom. The van der Waals surface area contributed by atoms with Gasteiger partial charge in [0.2, 0.25) is 5.91 Å². The van der Waals surface area contributed by atoms with Crippen molar-refractivity contribution in [1.29, 1.82) is 0 Å². The predicted octanol–water partition coefficient (Wildman–Crippen LogP) is -0.437. The number of nitrogens with two attached hydrogens (primary N) is 2. The van der Waals surface area contributed by atoms with Crippen molar-refractivity contribution in [2.24, 2.45) is 17.4 Å². The molecule has 0 aromatic heterocycles. The molecule has 2 atom stereocenters. The minimum atomic E-state index is -0.0599. The zero-order chi connectivity index (χ0) is 9.14. The molecule has 0 bridgehead atoms. The van der Waals surface area contributed by atoms with Crippen LogP contribution >= 0.6 is 12.4 Å². The molecule has 0 aliphatic carbocycles. The van der Waals surface area contributed by atoms with Gasteiger partial charge in [-0.05, 0) is 6.42 Å². The Hall–Kier alpha value is -0.320. The van der Waals surface area contributed by atoms with Crippen molar-refractivity contribution in [3.8, 4) is 0 Å². The van der Waals surface area contributed by atoms with Crippen molar-refractivity contribution < 1.29 is 4.79 Å². The highest BCUT2D eigenvalue weighted by molar-refractivity contribution is 5.85. The lowest BCUT2D eigenvalue weighted by atomic mass is 10.1. The van der Waals surface area contributed by atoms with Gasteiger partial charge in [0.25, 0.3) is 0 Å². The fourth-order valence-electron chi connectivity index (χ4n) is 1.40. The van der Waals surface area contributed by atoms with E-state index < -0.39 is 0 Å². The Balaban J connectivity index is 0.00000144. The molecule has 4 N–H and O–H groups in total. The summed E-state index contributed by atoms with van der Waals surface area (Å²) >= 11 is 0. The van der Waals surface area contributed by atoms with Crippen LogP contribution in [0.5, 0.6) is 0 Å². The summed E-state index contributed by atoms with van der Waals surface area (Å²) in [5, 5.41) is 0. The van der Waals surface area contributed by atoms with Crippen LogP contribution in [0, 0.1) is 5.92 Å².